The lowest BCUT2D eigenvalue weighted by Crippen LogP contribution is -2.26. The van der Waals surface area contributed by atoms with Crippen LogP contribution in [0.25, 0.3) is 0 Å². The summed E-state index contributed by atoms with van der Waals surface area (Å²) in [6, 6.07) is 9.46. The molecular weight excluding hydrogens is 245 g/mol. The molecule has 0 fully saturated rings. The Kier molecular flexibility index (Phi) is 3.75. The molecule has 0 atom stereocenters. The molecule has 98 valence electrons. The van der Waals surface area contributed by atoms with E-state index in [2.05, 4.69) is 4.98 Å². The summed E-state index contributed by atoms with van der Waals surface area (Å²) in [4.78, 5) is 17.4. The first kappa shape index (κ1) is 13.0. The number of halogens is 1. The minimum atomic E-state index is -0.323. The van der Waals surface area contributed by atoms with E-state index in [1.807, 2.05) is 0 Å². The van der Waals surface area contributed by atoms with Crippen LogP contribution in [0, 0.1) is 5.82 Å². The van der Waals surface area contributed by atoms with Gasteiger partial charge in [0.15, 0.2) is 0 Å². The number of rotatable bonds is 3. The Morgan fingerprint density at radius 1 is 1.37 bits per heavy atom. The van der Waals surface area contributed by atoms with E-state index in [1.54, 1.807) is 31.3 Å². The number of benzene rings is 1. The van der Waals surface area contributed by atoms with Crippen molar-refractivity contribution in [3.8, 4) is 0 Å². The Bertz CT molecular complexity index is 601. The van der Waals surface area contributed by atoms with Gasteiger partial charge >= 0.3 is 0 Å². The van der Waals surface area contributed by atoms with Crippen molar-refractivity contribution in [1.29, 1.82) is 0 Å². The molecule has 0 aliphatic rings. The topological polar surface area (TPSA) is 59.2 Å². The van der Waals surface area contributed by atoms with Crippen LogP contribution >= 0.6 is 0 Å². The fourth-order valence-corrected chi connectivity index (χ4v) is 1.76. The fourth-order valence-electron chi connectivity index (χ4n) is 1.76. The lowest BCUT2D eigenvalue weighted by molar-refractivity contribution is 0.0784. The van der Waals surface area contributed by atoms with Gasteiger partial charge in [-0.1, -0.05) is 18.2 Å². The monoisotopic (exact) mass is 259 g/mol. The van der Waals surface area contributed by atoms with E-state index in [-0.39, 0.29) is 24.1 Å². The molecule has 19 heavy (non-hydrogen) atoms. The van der Waals surface area contributed by atoms with Crippen LogP contribution < -0.4 is 5.73 Å². The molecule has 1 aromatic heterocycles. The number of anilines is 1. The third kappa shape index (κ3) is 3.07. The average Bonchev–Trinajstić information content (AvgIpc) is 2.40. The van der Waals surface area contributed by atoms with E-state index in [1.165, 1.54) is 23.2 Å². The molecule has 1 heterocycles. The maximum absolute atomic E-state index is 13.5. The van der Waals surface area contributed by atoms with Crippen molar-refractivity contribution in [2.75, 3.05) is 12.8 Å². The molecule has 0 radical (unpaired) electrons. The summed E-state index contributed by atoms with van der Waals surface area (Å²) in [6.07, 6.45) is 1.47. The standard InChI is InChI=1S/C14H14FN3O/c1-18(9-11-4-2-3-5-12(11)15)14(19)10-6-7-17-13(16)8-10/h2-8H,9H2,1H3,(H2,16,17). The minimum Gasteiger partial charge on any atom is -0.384 e. The summed E-state index contributed by atoms with van der Waals surface area (Å²) in [6.45, 7) is 0.202. The Labute approximate surface area is 110 Å². The van der Waals surface area contributed by atoms with Gasteiger partial charge in [-0.15, -0.1) is 0 Å². The number of nitrogen functional groups attached to an aromatic ring is 1. The summed E-state index contributed by atoms with van der Waals surface area (Å²) in [5.74, 6) is -0.265. The summed E-state index contributed by atoms with van der Waals surface area (Å²) >= 11 is 0. The highest BCUT2D eigenvalue weighted by molar-refractivity contribution is 5.94. The predicted octanol–water partition coefficient (Wildman–Crippen LogP) is 2.08. The van der Waals surface area contributed by atoms with Crippen LogP contribution in [-0.4, -0.2) is 22.8 Å². The van der Waals surface area contributed by atoms with Crippen LogP contribution in [0.3, 0.4) is 0 Å². The quantitative estimate of drug-likeness (QED) is 0.918. The molecule has 5 heteroatoms. The van der Waals surface area contributed by atoms with Gasteiger partial charge in [-0.05, 0) is 18.2 Å². The van der Waals surface area contributed by atoms with Crippen molar-refractivity contribution in [2.45, 2.75) is 6.54 Å². The summed E-state index contributed by atoms with van der Waals surface area (Å²) in [5, 5.41) is 0. The van der Waals surface area contributed by atoms with Gasteiger partial charge in [-0.2, -0.15) is 0 Å². The number of hydrogen-bond acceptors (Lipinski definition) is 3. The van der Waals surface area contributed by atoms with Crippen LogP contribution in [0.5, 0.6) is 0 Å². The Balaban J connectivity index is 2.14. The molecule has 1 aromatic carbocycles. The van der Waals surface area contributed by atoms with Gasteiger partial charge in [-0.25, -0.2) is 9.37 Å². The molecule has 1 amide bonds. The molecule has 0 aliphatic carbocycles. The van der Waals surface area contributed by atoms with E-state index in [0.29, 0.717) is 11.1 Å². The normalized spacial score (nSPS) is 10.2. The van der Waals surface area contributed by atoms with Gasteiger partial charge in [0.1, 0.15) is 11.6 Å². The van der Waals surface area contributed by atoms with Crippen LogP contribution in [0.15, 0.2) is 42.6 Å². The fraction of sp³-hybridized carbons (Fsp3) is 0.143. The number of hydrogen-bond donors (Lipinski definition) is 1. The van der Waals surface area contributed by atoms with Crippen LogP contribution in [0.2, 0.25) is 0 Å². The molecule has 2 N–H and O–H groups in total. The first-order valence-corrected chi connectivity index (χ1v) is 5.78. The maximum Gasteiger partial charge on any atom is 0.254 e. The first-order chi connectivity index (χ1) is 9.08. The number of nitrogens with two attached hydrogens (primary N) is 1. The van der Waals surface area contributed by atoms with Crippen molar-refractivity contribution in [3.05, 3.63) is 59.5 Å². The highest BCUT2D eigenvalue weighted by atomic mass is 19.1. The molecular formula is C14H14FN3O. The van der Waals surface area contributed by atoms with Gasteiger partial charge in [0.2, 0.25) is 0 Å². The second-order valence-electron chi connectivity index (χ2n) is 4.22. The molecule has 0 aliphatic heterocycles. The summed E-state index contributed by atoms with van der Waals surface area (Å²) in [5.41, 5.74) is 6.44. The molecule has 4 nitrogen and oxygen atoms in total. The zero-order valence-corrected chi connectivity index (χ0v) is 10.5. The number of nitrogens with zero attached hydrogens (tertiary/aromatic N) is 2. The molecule has 0 saturated heterocycles. The SMILES string of the molecule is CN(Cc1ccccc1F)C(=O)c1ccnc(N)c1. The number of carbonyl (C=O) groups is 1. The van der Waals surface area contributed by atoms with Gasteiger partial charge in [-0.3, -0.25) is 4.79 Å². The highest BCUT2D eigenvalue weighted by Crippen LogP contribution is 2.12. The van der Waals surface area contributed by atoms with Gasteiger partial charge < -0.3 is 10.6 Å². The second-order valence-corrected chi connectivity index (χ2v) is 4.22. The third-order valence-corrected chi connectivity index (χ3v) is 2.74. The van der Waals surface area contributed by atoms with Crippen LogP contribution in [0.1, 0.15) is 15.9 Å². The third-order valence-electron chi connectivity index (χ3n) is 2.74. The largest absolute Gasteiger partial charge is 0.384 e. The van der Waals surface area contributed by atoms with Crippen molar-refractivity contribution in [2.24, 2.45) is 0 Å². The van der Waals surface area contributed by atoms with E-state index >= 15 is 0 Å². The van der Waals surface area contributed by atoms with E-state index in [4.69, 9.17) is 5.73 Å². The number of carbonyl (C=O) groups excluding carboxylic acids is 1. The van der Waals surface area contributed by atoms with E-state index < -0.39 is 0 Å². The molecule has 0 saturated carbocycles. The Hall–Kier alpha value is -2.43. The number of aromatic nitrogens is 1. The number of pyridine rings is 1. The number of amides is 1. The second kappa shape index (κ2) is 5.48. The van der Waals surface area contributed by atoms with Crippen molar-refractivity contribution >= 4 is 11.7 Å². The van der Waals surface area contributed by atoms with Crippen LogP contribution in [0.4, 0.5) is 10.2 Å². The van der Waals surface area contributed by atoms with Crippen molar-refractivity contribution < 1.29 is 9.18 Å². The molecule has 0 unspecified atom stereocenters. The van der Waals surface area contributed by atoms with Gasteiger partial charge in [0.25, 0.3) is 5.91 Å². The zero-order valence-electron chi connectivity index (χ0n) is 10.5. The van der Waals surface area contributed by atoms with Crippen LogP contribution in [-0.2, 0) is 6.54 Å². The first-order valence-electron chi connectivity index (χ1n) is 5.78. The van der Waals surface area contributed by atoms with Crippen molar-refractivity contribution in [1.82, 2.24) is 9.88 Å². The predicted molar refractivity (Wildman–Crippen MR) is 70.8 cm³/mol. The lowest BCUT2D eigenvalue weighted by atomic mass is 10.2. The summed E-state index contributed by atoms with van der Waals surface area (Å²) in [7, 11) is 1.62. The molecule has 2 rings (SSSR count). The molecule has 2 aromatic rings. The lowest BCUT2D eigenvalue weighted by Gasteiger charge is -2.17. The zero-order chi connectivity index (χ0) is 13.8. The van der Waals surface area contributed by atoms with Crippen molar-refractivity contribution in [3.63, 3.8) is 0 Å². The van der Waals surface area contributed by atoms with E-state index in [9.17, 15) is 9.18 Å². The van der Waals surface area contributed by atoms with Gasteiger partial charge in [0, 0.05) is 30.9 Å². The Morgan fingerprint density at radius 2 is 2.11 bits per heavy atom. The molecule has 0 spiro atoms. The molecule has 0 bridgehead atoms. The Morgan fingerprint density at radius 3 is 2.79 bits per heavy atom. The summed E-state index contributed by atoms with van der Waals surface area (Å²) < 4.78 is 13.5. The average molecular weight is 259 g/mol. The maximum atomic E-state index is 13.5. The van der Waals surface area contributed by atoms with Gasteiger partial charge in [0.05, 0.1) is 0 Å². The minimum absolute atomic E-state index is 0.202. The highest BCUT2D eigenvalue weighted by Gasteiger charge is 2.13. The smallest absolute Gasteiger partial charge is 0.254 e. The van der Waals surface area contributed by atoms with E-state index in [0.717, 1.165) is 0 Å².